The third-order valence-corrected chi connectivity index (χ3v) is 3.19. The summed E-state index contributed by atoms with van der Waals surface area (Å²) in [6.07, 6.45) is 0. The van der Waals surface area contributed by atoms with Gasteiger partial charge in [-0.15, -0.1) is 11.3 Å². The third-order valence-electron chi connectivity index (χ3n) is 2.32. The molecule has 0 amide bonds. The highest BCUT2D eigenvalue weighted by Crippen LogP contribution is 2.27. The Kier molecular flexibility index (Phi) is 3.99. The normalized spacial score (nSPS) is 12.4. The van der Waals surface area contributed by atoms with E-state index in [0.717, 1.165) is 17.0 Å². The molecule has 2 N–H and O–H groups in total. The Morgan fingerprint density at radius 3 is 3.00 bits per heavy atom. The van der Waals surface area contributed by atoms with Gasteiger partial charge in [-0.1, -0.05) is 11.6 Å². The van der Waals surface area contributed by atoms with Gasteiger partial charge < -0.3 is 10.5 Å². The number of benzene rings is 1. The van der Waals surface area contributed by atoms with Crippen LogP contribution in [0.15, 0.2) is 29.1 Å². The Morgan fingerprint density at radius 2 is 2.35 bits per heavy atom. The molecule has 1 aromatic carbocycles. The lowest BCUT2D eigenvalue weighted by Crippen LogP contribution is -2.08. The first-order valence-corrected chi connectivity index (χ1v) is 6.54. The summed E-state index contributed by atoms with van der Waals surface area (Å²) in [4.78, 5) is 4.16. The van der Waals surface area contributed by atoms with Crippen LogP contribution in [-0.2, 0) is 6.61 Å². The molecule has 0 aliphatic carbocycles. The maximum atomic E-state index is 5.94. The molecule has 0 saturated heterocycles. The van der Waals surface area contributed by atoms with Crippen LogP contribution in [0.1, 0.15) is 24.2 Å². The van der Waals surface area contributed by atoms with Gasteiger partial charge in [-0.25, -0.2) is 4.98 Å². The van der Waals surface area contributed by atoms with Crippen LogP contribution in [0.5, 0.6) is 5.75 Å². The standard InChI is InChI=1S/C12H13ClN2OS/c1-8(14)11-4-9(13)2-3-12(11)16-5-10-6-17-7-15-10/h2-4,6-8H,5,14H2,1H3/t8-/m1/s1. The minimum atomic E-state index is -0.112. The largest absolute Gasteiger partial charge is 0.487 e. The smallest absolute Gasteiger partial charge is 0.131 e. The van der Waals surface area contributed by atoms with Crippen LogP contribution in [0.4, 0.5) is 0 Å². The molecule has 1 heterocycles. The SMILES string of the molecule is C[C@@H](N)c1cc(Cl)ccc1OCc1cscn1. The van der Waals surface area contributed by atoms with Gasteiger partial charge in [0.25, 0.3) is 0 Å². The Hall–Kier alpha value is -1.10. The molecular weight excluding hydrogens is 256 g/mol. The van der Waals surface area contributed by atoms with Gasteiger partial charge in [0.1, 0.15) is 12.4 Å². The molecule has 1 atom stereocenters. The van der Waals surface area contributed by atoms with E-state index in [1.807, 2.05) is 24.4 Å². The molecule has 2 rings (SSSR count). The van der Waals surface area contributed by atoms with Crippen molar-refractivity contribution >= 4 is 22.9 Å². The van der Waals surface area contributed by atoms with E-state index in [9.17, 15) is 0 Å². The van der Waals surface area contributed by atoms with Gasteiger partial charge in [-0.3, -0.25) is 0 Å². The lowest BCUT2D eigenvalue weighted by atomic mass is 10.1. The highest BCUT2D eigenvalue weighted by Gasteiger charge is 2.09. The summed E-state index contributed by atoms with van der Waals surface area (Å²) in [6, 6.07) is 5.36. The zero-order valence-electron chi connectivity index (χ0n) is 9.39. The number of ether oxygens (including phenoxy) is 1. The van der Waals surface area contributed by atoms with Gasteiger partial charge in [0.2, 0.25) is 0 Å². The number of hydrogen-bond donors (Lipinski definition) is 1. The van der Waals surface area contributed by atoms with E-state index in [1.54, 1.807) is 22.9 Å². The maximum Gasteiger partial charge on any atom is 0.131 e. The van der Waals surface area contributed by atoms with Crippen molar-refractivity contribution in [3.05, 3.63) is 45.4 Å². The highest BCUT2D eigenvalue weighted by molar-refractivity contribution is 7.07. The van der Waals surface area contributed by atoms with E-state index >= 15 is 0 Å². The van der Waals surface area contributed by atoms with Gasteiger partial charge in [0.05, 0.1) is 11.2 Å². The number of hydrogen-bond acceptors (Lipinski definition) is 4. The molecule has 5 heteroatoms. The van der Waals surface area contributed by atoms with E-state index in [4.69, 9.17) is 22.1 Å². The Labute approximate surface area is 109 Å². The van der Waals surface area contributed by atoms with Gasteiger partial charge in [0.15, 0.2) is 0 Å². The molecule has 1 aromatic heterocycles. The van der Waals surface area contributed by atoms with Crippen molar-refractivity contribution in [2.45, 2.75) is 19.6 Å². The Balaban J connectivity index is 2.14. The summed E-state index contributed by atoms with van der Waals surface area (Å²) in [5, 5.41) is 2.62. The first-order chi connectivity index (χ1) is 8.16. The molecule has 0 unspecified atom stereocenters. The zero-order chi connectivity index (χ0) is 12.3. The van der Waals surface area contributed by atoms with E-state index < -0.39 is 0 Å². The van der Waals surface area contributed by atoms with Crippen molar-refractivity contribution in [2.75, 3.05) is 0 Å². The predicted molar refractivity (Wildman–Crippen MR) is 70.5 cm³/mol. The second kappa shape index (κ2) is 5.49. The topological polar surface area (TPSA) is 48.1 Å². The molecule has 0 spiro atoms. The lowest BCUT2D eigenvalue weighted by Gasteiger charge is -2.13. The summed E-state index contributed by atoms with van der Waals surface area (Å²) < 4.78 is 5.70. The molecule has 2 aromatic rings. The third kappa shape index (κ3) is 3.19. The van der Waals surface area contributed by atoms with Gasteiger partial charge in [-0.2, -0.15) is 0 Å². The fourth-order valence-electron chi connectivity index (χ4n) is 1.47. The first-order valence-electron chi connectivity index (χ1n) is 5.21. The molecule has 0 aliphatic rings. The average Bonchev–Trinajstić information content (AvgIpc) is 2.80. The van der Waals surface area contributed by atoms with Crippen molar-refractivity contribution in [2.24, 2.45) is 5.73 Å². The van der Waals surface area contributed by atoms with Gasteiger partial charge >= 0.3 is 0 Å². The quantitative estimate of drug-likeness (QED) is 0.925. The fraction of sp³-hybridized carbons (Fsp3) is 0.250. The molecule has 3 nitrogen and oxygen atoms in total. The predicted octanol–water partition coefficient (Wildman–Crippen LogP) is 3.40. The Morgan fingerprint density at radius 1 is 1.53 bits per heavy atom. The summed E-state index contributed by atoms with van der Waals surface area (Å²) in [6.45, 7) is 2.35. The van der Waals surface area contributed by atoms with Crippen LogP contribution in [-0.4, -0.2) is 4.98 Å². The van der Waals surface area contributed by atoms with Crippen LogP contribution in [0.2, 0.25) is 5.02 Å². The van der Waals surface area contributed by atoms with Crippen molar-refractivity contribution in [1.82, 2.24) is 4.98 Å². The summed E-state index contributed by atoms with van der Waals surface area (Å²) in [7, 11) is 0. The molecule has 0 radical (unpaired) electrons. The van der Waals surface area contributed by atoms with Crippen LogP contribution >= 0.6 is 22.9 Å². The van der Waals surface area contributed by atoms with Gasteiger partial charge in [0, 0.05) is 22.0 Å². The minimum Gasteiger partial charge on any atom is -0.487 e. The van der Waals surface area contributed by atoms with Crippen LogP contribution in [0.25, 0.3) is 0 Å². The molecule has 0 fully saturated rings. The van der Waals surface area contributed by atoms with Crippen molar-refractivity contribution in [3.63, 3.8) is 0 Å². The Bertz CT molecular complexity index is 485. The number of rotatable bonds is 4. The monoisotopic (exact) mass is 268 g/mol. The number of nitrogens with zero attached hydrogens (tertiary/aromatic N) is 1. The second-order valence-electron chi connectivity index (χ2n) is 3.74. The van der Waals surface area contributed by atoms with E-state index in [1.165, 1.54) is 0 Å². The number of halogens is 1. The van der Waals surface area contributed by atoms with Crippen LogP contribution in [0.3, 0.4) is 0 Å². The molecule has 0 aliphatic heterocycles. The summed E-state index contributed by atoms with van der Waals surface area (Å²) in [5.74, 6) is 0.761. The molecule has 90 valence electrons. The van der Waals surface area contributed by atoms with Crippen LogP contribution < -0.4 is 10.5 Å². The zero-order valence-corrected chi connectivity index (χ0v) is 11.0. The van der Waals surface area contributed by atoms with Crippen molar-refractivity contribution in [3.8, 4) is 5.75 Å². The number of thiazole rings is 1. The van der Waals surface area contributed by atoms with E-state index in [-0.39, 0.29) is 6.04 Å². The molecule has 17 heavy (non-hydrogen) atoms. The minimum absolute atomic E-state index is 0.112. The lowest BCUT2D eigenvalue weighted by molar-refractivity contribution is 0.297. The molecular formula is C12H13ClN2OS. The average molecular weight is 269 g/mol. The number of nitrogens with two attached hydrogens (primary N) is 1. The van der Waals surface area contributed by atoms with E-state index in [2.05, 4.69) is 4.98 Å². The van der Waals surface area contributed by atoms with Crippen molar-refractivity contribution in [1.29, 1.82) is 0 Å². The van der Waals surface area contributed by atoms with E-state index in [0.29, 0.717) is 11.6 Å². The second-order valence-corrected chi connectivity index (χ2v) is 4.89. The summed E-state index contributed by atoms with van der Waals surface area (Å²) >= 11 is 7.49. The number of aromatic nitrogens is 1. The summed E-state index contributed by atoms with van der Waals surface area (Å²) in [5.41, 5.74) is 9.49. The van der Waals surface area contributed by atoms with Gasteiger partial charge in [-0.05, 0) is 25.1 Å². The van der Waals surface area contributed by atoms with Crippen LogP contribution in [0, 0.1) is 0 Å². The first kappa shape index (κ1) is 12.4. The van der Waals surface area contributed by atoms with Crippen molar-refractivity contribution < 1.29 is 4.74 Å². The fourth-order valence-corrected chi connectivity index (χ4v) is 2.19. The maximum absolute atomic E-state index is 5.94. The molecule has 0 saturated carbocycles. The highest BCUT2D eigenvalue weighted by atomic mass is 35.5. The molecule has 0 bridgehead atoms.